The van der Waals surface area contributed by atoms with Crippen molar-refractivity contribution >= 4 is 34.1 Å². The molecule has 3 aromatic rings. The van der Waals surface area contributed by atoms with Crippen molar-refractivity contribution in [3.8, 4) is 0 Å². The first-order valence-electron chi connectivity index (χ1n) is 9.62. The predicted molar refractivity (Wildman–Crippen MR) is 112 cm³/mol. The number of anilines is 1. The average Bonchev–Trinajstić information content (AvgIpc) is 3.27. The number of nitrogens with one attached hydrogen (secondary N) is 2. The summed E-state index contributed by atoms with van der Waals surface area (Å²) in [4.78, 5) is 21.2. The van der Waals surface area contributed by atoms with Crippen LogP contribution in [0.25, 0.3) is 16.6 Å². The summed E-state index contributed by atoms with van der Waals surface area (Å²) in [6.07, 6.45) is 0.520. The molecular formula is C22H21FN4O3. The first kappa shape index (κ1) is 19.6. The number of rotatable bonds is 5. The fourth-order valence-electron chi connectivity index (χ4n) is 3.28. The molecule has 30 heavy (non-hydrogen) atoms. The summed E-state index contributed by atoms with van der Waals surface area (Å²) in [7, 11) is 0. The molecule has 0 bridgehead atoms. The van der Waals surface area contributed by atoms with Gasteiger partial charge in [0.05, 0.1) is 34.8 Å². The molecule has 1 atom stereocenters. The third-order valence-corrected chi connectivity index (χ3v) is 5.06. The van der Waals surface area contributed by atoms with Crippen LogP contribution >= 0.6 is 0 Å². The Bertz CT molecular complexity index is 1180. The van der Waals surface area contributed by atoms with Crippen molar-refractivity contribution in [1.29, 1.82) is 5.41 Å². The van der Waals surface area contributed by atoms with Crippen LogP contribution in [0, 0.1) is 11.2 Å². The predicted octanol–water partition coefficient (Wildman–Crippen LogP) is 4.42. The lowest BCUT2D eigenvalue weighted by Gasteiger charge is -2.19. The number of H-pyrrole nitrogens is 1. The number of benzene rings is 2. The van der Waals surface area contributed by atoms with E-state index in [1.54, 1.807) is 29.2 Å². The van der Waals surface area contributed by atoms with E-state index >= 15 is 0 Å². The number of carbonyl (C=O) groups excluding carboxylic acids is 1. The molecule has 2 heterocycles. The van der Waals surface area contributed by atoms with Crippen LogP contribution in [0.2, 0.25) is 0 Å². The largest absolute Gasteiger partial charge is 0.509 e. The summed E-state index contributed by atoms with van der Waals surface area (Å²) >= 11 is 0. The van der Waals surface area contributed by atoms with Gasteiger partial charge in [-0.05, 0) is 49.7 Å². The van der Waals surface area contributed by atoms with Crippen LogP contribution in [-0.4, -0.2) is 39.5 Å². The quantitative estimate of drug-likeness (QED) is 0.542. The molecule has 8 heteroatoms. The second-order valence-electron chi connectivity index (χ2n) is 7.18. The zero-order chi connectivity index (χ0) is 21.4. The second kappa shape index (κ2) is 7.62. The Kier molecular flexibility index (Phi) is 4.99. The van der Waals surface area contributed by atoms with E-state index in [4.69, 9.17) is 10.1 Å². The smallest absolute Gasteiger partial charge is 0.338 e. The molecule has 0 saturated carbocycles. The molecule has 7 nitrogen and oxygen atoms in total. The number of esters is 1. The Morgan fingerprint density at radius 1 is 1.37 bits per heavy atom. The SMILES string of the molecule is CCC(C)OC(=O)c1cccc(N2CC(O)=C(c3nc4ccc(F)cc4[nH]3)C2=N)c1. The van der Waals surface area contributed by atoms with Crippen LogP contribution < -0.4 is 4.90 Å². The standard InChI is InChI=1S/C22H21FN4O3/c1-3-12(2)30-22(29)13-5-4-6-15(9-13)27-11-18(28)19(20(27)24)21-25-16-8-7-14(23)10-17(16)26-21/h4-10,12,24,28H,3,11H2,1-2H3,(H,25,26). The van der Waals surface area contributed by atoms with Crippen LogP contribution in [0.3, 0.4) is 0 Å². The maximum atomic E-state index is 13.5. The Labute approximate surface area is 172 Å². The highest BCUT2D eigenvalue weighted by atomic mass is 19.1. The molecule has 0 spiro atoms. The molecule has 4 rings (SSSR count). The Morgan fingerprint density at radius 2 is 2.17 bits per heavy atom. The van der Waals surface area contributed by atoms with Crippen molar-refractivity contribution in [3.05, 3.63) is 65.4 Å². The number of aromatic nitrogens is 2. The number of fused-ring (bicyclic) bond motifs is 1. The number of aliphatic hydroxyl groups is 1. The molecule has 3 N–H and O–H groups in total. The van der Waals surface area contributed by atoms with Gasteiger partial charge in [0.2, 0.25) is 0 Å². The van der Waals surface area contributed by atoms with E-state index in [9.17, 15) is 14.3 Å². The Morgan fingerprint density at radius 3 is 2.93 bits per heavy atom. The van der Waals surface area contributed by atoms with E-state index < -0.39 is 11.8 Å². The van der Waals surface area contributed by atoms with Crippen molar-refractivity contribution in [2.75, 3.05) is 11.4 Å². The number of imidazole rings is 1. The number of nitrogens with zero attached hydrogens (tertiary/aromatic N) is 2. The maximum Gasteiger partial charge on any atom is 0.338 e. The molecule has 1 aromatic heterocycles. The molecule has 1 unspecified atom stereocenters. The van der Waals surface area contributed by atoms with Gasteiger partial charge < -0.3 is 19.7 Å². The summed E-state index contributed by atoms with van der Waals surface area (Å²) in [5.74, 6) is -0.562. The molecule has 0 fully saturated rings. The van der Waals surface area contributed by atoms with Crippen molar-refractivity contribution in [3.63, 3.8) is 0 Å². The zero-order valence-electron chi connectivity index (χ0n) is 16.6. The monoisotopic (exact) mass is 408 g/mol. The first-order valence-corrected chi connectivity index (χ1v) is 9.62. The summed E-state index contributed by atoms with van der Waals surface area (Å²) < 4.78 is 18.8. The van der Waals surface area contributed by atoms with E-state index in [2.05, 4.69) is 9.97 Å². The van der Waals surface area contributed by atoms with E-state index in [1.807, 2.05) is 13.8 Å². The maximum absolute atomic E-state index is 13.5. The highest BCUT2D eigenvalue weighted by molar-refractivity contribution is 6.30. The van der Waals surface area contributed by atoms with Gasteiger partial charge >= 0.3 is 5.97 Å². The Hall–Kier alpha value is -3.68. The number of ether oxygens (including phenoxy) is 1. The first-order chi connectivity index (χ1) is 14.4. The lowest BCUT2D eigenvalue weighted by Crippen LogP contribution is -2.26. The molecule has 0 amide bonds. The fraction of sp³-hybridized carbons (Fsp3) is 0.227. The van der Waals surface area contributed by atoms with Crippen molar-refractivity contribution in [1.82, 2.24) is 9.97 Å². The van der Waals surface area contributed by atoms with Gasteiger partial charge in [0, 0.05) is 5.69 Å². The highest BCUT2D eigenvalue weighted by Crippen LogP contribution is 2.31. The number of halogens is 1. The summed E-state index contributed by atoms with van der Waals surface area (Å²) in [6, 6.07) is 10.9. The fourth-order valence-corrected chi connectivity index (χ4v) is 3.28. The van der Waals surface area contributed by atoms with Crippen LogP contribution in [-0.2, 0) is 4.74 Å². The third-order valence-electron chi connectivity index (χ3n) is 5.06. The van der Waals surface area contributed by atoms with Gasteiger partial charge in [-0.25, -0.2) is 14.2 Å². The number of carbonyl (C=O) groups is 1. The van der Waals surface area contributed by atoms with Crippen molar-refractivity contribution in [2.45, 2.75) is 26.4 Å². The third kappa shape index (κ3) is 3.52. The molecule has 154 valence electrons. The van der Waals surface area contributed by atoms with Crippen LogP contribution in [0.4, 0.5) is 10.1 Å². The van der Waals surface area contributed by atoms with Crippen LogP contribution in [0.1, 0.15) is 36.5 Å². The molecule has 0 radical (unpaired) electrons. The van der Waals surface area contributed by atoms with Gasteiger partial charge in [-0.2, -0.15) is 0 Å². The molecular weight excluding hydrogens is 387 g/mol. The molecule has 1 aliphatic heterocycles. The van der Waals surface area contributed by atoms with E-state index in [1.165, 1.54) is 18.2 Å². The molecule has 1 aliphatic rings. The number of aromatic amines is 1. The van der Waals surface area contributed by atoms with Gasteiger partial charge in [-0.3, -0.25) is 5.41 Å². The van der Waals surface area contributed by atoms with Crippen molar-refractivity contribution < 1.29 is 19.0 Å². The normalized spacial score (nSPS) is 15.2. The number of aliphatic hydroxyl groups excluding tert-OH is 1. The topological polar surface area (TPSA) is 102 Å². The van der Waals surface area contributed by atoms with Crippen LogP contribution in [0.5, 0.6) is 0 Å². The van der Waals surface area contributed by atoms with Gasteiger partial charge in [0.25, 0.3) is 0 Å². The minimum atomic E-state index is -0.436. The molecule has 0 saturated heterocycles. The van der Waals surface area contributed by atoms with Gasteiger partial charge in [-0.1, -0.05) is 13.0 Å². The van der Waals surface area contributed by atoms with E-state index in [0.29, 0.717) is 28.7 Å². The number of hydrogen-bond donors (Lipinski definition) is 3. The Balaban J connectivity index is 1.61. The van der Waals surface area contributed by atoms with Gasteiger partial charge in [0.15, 0.2) is 0 Å². The lowest BCUT2D eigenvalue weighted by molar-refractivity contribution is 0.0334. The van der Waals surface area contributed by atoms with Crippen LogP contribution in [0.15, 0.2) is 48.2 Å². The number of hydrogen-bond acceptors (Lipinski definition) is 5. The summed E-state index contributed by atoms with van der Waals surface area (Å²) in [5, 5.41) is 19.1. The second-order valence-corrected chi connectivity index (χ2v) is 7.18. The van der Waals surface area contributed by atoms with Crippen molar-refractivity contribution in [2.24, 2.45) is 0 Å². The average molecular weight is 408 g/mol. The lowest BCUT2D eigenvalue weighted by atomic mass is 10.1. The number of amidine groups is 1. The van der Waals surface area contributed by atoms with E-state index in [0.717, 1.165) is 0 Å². The zero-order valence-corrected chi connectivity index (χ0v) is 16.6. The van der Waals surface area contributed by atoms with E-state index in [-0.39, 0.29) is 35.6 Å². The minimum absolute atomic E-state index is 0.0273. The van der Waals surface area contributed by atoms with Gasteiger partial charge in [-0.15, -0.1) is 0 Å². The summed E-state index contributed by atoms with van der Waals surface area (Å²) in [6.45, 7) is 3.82. The van der Waals surface area contributed by atoms with Gasteiger partial charge in [0.1, 0.15) is 23.2 Å². The molecule has 2 aromatic carbocycles. The summed E-state index contributed by atoms with van der Waals surface area (Å²) in [5.41, 5.74) is 2.19. The molecule has 0 aliphatic carbocycles. The minimum Gasteiger partial charge on any atom is -0.509 e. The highest BCUT2D eigenvalue weighted by Gasteiger charge is 2.31.